The van der Waals surface area contributed by atoms with E-state index in [1.54, 1.807) is 24.3 Å². The lowest BCUT2D eigenvalue weighted by Crippen LogP contribution is -2.28. The number of fused-ring (bicyclic) bond motifs is 1. The Labute approximate surface area is 273 Å². The molecule has 8 nitrogen and oxygen atoms in total. The van der Waals surface area contributed by atoms with Gasteiger partial charge in [0.2, 0.25) is 5.91 Å². The molecule has 1 aliphatic carbocycles. The molecule has 5 rings (SSSR count). The molecular formula is C37H48N2O6S. The van der Waals surface area contributed by atoms with Gasteiger partial charge in [0, 0.05) is 35.2 Å². The summed E-state index contributed by atoms with van der Waals surface area (Å²) in [7, 11) is -4.12. The van der Waals surface area contributed by atoms with Crippen LogP contribution in [0.25, 0.3) is 22.3 Å². The number of carbonyl (C=O) groups is 2. The van der Waals surface area contributed by atoms with E-state index in [9.17, 15) is 18.0 Å². The molecule has 1 fully saturated rings. The highest BCUT2D eigenvalue weighted by Gasteiger charge is 2.10. The maximum Gasteiger partial charge on any atom is 0.266 e. The molecular weight excluding hydrogens is 600 g/mol. The average Bonchev–Trinajstić information content (AvgIpc) is 3.50. The van der Waals surface area contributed by atoms with E-state index in [1.807, 2.05) is 54.6 Å². The standard InChI is InChI=1S/C26H24N2O6S.C6H12.C5H12/c29-25(14-7-18-5-8-20(9-6-18)26(30)27-15-16-35(31,32)33)28-22-12-10-19(11-13-22)24-17-21-3-1-2-4-23(21)34-24;1-2-4-6-5-3-1;1-4-5(2)3/h1-6,8-13,17H,7,14-16H2,(H,27,30)(H,28,29)(H,31,32,33);1-6H2;5H,4H2,1-3H3. The third kappa shape index (κ3) is 13.6. The van der Waals surface area contributed by atoms with Crippen molar-refractivity contribution >= 4 is 38.6 Å². The first kappa shape index (κ1) is 36.5. The normalized spacial score (nSPS) is 12.8. The Hall–Kier alpha value is -3.95. The van der Waals surface area contributed by atoms with Gasteiger partial charge >= 0.3 is 0 Å². The van der Waals surface area contributed by atoms with Crippen molar-refractivity contribution in [3.8, 4) is 11.3 Å². The fraction of sp³-hybridized carbons (Fsp3) is 0.405. The first-order chi connectivity index (χ1) is 22.0. The minimum atomic E-state index is -4.12. The van der Waals surface area contributed by atoms with Crippen LogP contribution in [0.1, 0.15) is 88.1 Å². The summed E-state index contributed by atoms with van der Waals surface area (Å²) in [5.41, 5.74) is 3.67. The third-order valence-electron chi connectivity index (χ3n) is 7.70. The zero-order chi connectivity index (χ0) is 33.4. The van der Waals surface area contributed by atoms with Gasteiger partial charge in [-0.2, -0.15) is 8.42 Å². The van der Waals surface area contributed by atoms with Crippen LogP contribution in [0.4, 0.5) is 5.69 Å². The van der Waals surface area contributed by atoms with E-state index in [1.165, 1.54) is 44.9 Å². The number of hydrogen-bond donors (Lipinski definition) is 3. The van der Waals surface area contributed by atoms with E-state index < -0.39 is 21.8 Å². The highest BCUT2D eigenvalue weighted by molar-refractivity contribution is 7.85. The van der Waals surface area contributed by atoms with Crippen LogP contribution in [0.2, 0.25) is 0 Å². The number of hydrogen-bond acceptors (Lipinski definition) is 5. The number of aryl methyl sites for hydroxylation is 1. The lowest BCUT2D eigenvalue weighted by Gasteiger charge is -2.07. The Balaban J connectivity index is 0.000000444. The number of carbonyl (C=O) groups excluding carboxylic acids is 2. The van der Waals surface area contributed by atoms with Crippen LogP contribution in [0.5, 0.6) is 0 Å². The lowest BCUT2D eigenvalue weighted by atomic mass is 10.0. The van der Waals surface area contributed by atoms with Crippen LogP contribution >= 0.6 is 0 Å². The Morgan fingerprint density at radius 1 is 0.870 bits per heavy atom. The molecule has 0 spiro atoms. The fourth-order valence-electron chi connectivity index (χ4n) is 4.60. The molecule has 0 aliphatic heterocycles. The fourth-order valence-corrected chi connectivity index (χ4v) is 4.96. The van der Waals surface area contributed by atoms with Crippen molar-refractivity contribution < 1.29 is 27.0 Å². The maximum atomic E-state index is 12.4. The van der Waals surface area contributed by atoms with E-state index in [4.69, 9.17) is 8.97 Å². The van der Waals surface area contributed by atoms with Gasteiger partial charge in [-0.15, -0.1) is 0 Å². The van der Waals surface area contributed by atoms with Crippen LogP contribution < -0.4 is 10.6 Å². The van der Waals surface area contributed by atoms with Crippen LogP contribution in [0.3, 0.4) is 0 Å². The molecule has 9 heteroatoms. The van der Waals surface area contributed by atoms with Gasteiger partial charge in [-0.3, -0.25) is 14.1 Å². The van der Waals surface area contributed by atoms with Gasteiger partial charge in [0.15, 0.2) is 0 Å². The van der Waals surface area contributed by atoms with Gasteiger partial charge in [-0.05, 0) is 66.4 Å². The molecule has 0 atom stereocenters. The first-order valence-electron chi connectivity index (χ1n) is 16.2. The largest absolute Gasteiger partial charge is 0.456 e. The lowest BCUT2D eigenvalue weighted by molar-refractivity contribution is -0.116. The summed E-state index contributed by atoms with van der Waals surface area (Å²) in [4.78, 5) is 24.4. The minimum absolute atomic E-state index is 0.131. The SMILES string of the molecule is C1CCCCC1.CCC(C)C.O=C(CCc1ccc(C(=O)NCCS(=O)(=O)O)cc1)Nc1ccc(-c2cc3ccccc3o2)cc1. The van der Waals surface area contributed by atoms with E-state index in [0.29, 0.717) is 17.7 Å². The third-order valence-corrected chi connectivity index (χ3v) is 8.42. The van der Waals surface area contributed by atoms with Crippen molar-refractivity contribution in [1.29, 1.82) is 0 Å². The minimum Gasteiger partial charge on any atom is -0.456 e. The molecule has 2 amide bonds. The van der Waals surface area contributed by atoms with E-state index in [0.717, 1.165) is 33.8 Å². The van der Waals surface area contributed by atoms with Gasteiger partial charge in [0.05, 0.1) is 5.75 Å². The zero-order valence-electron chi connectivity index (χ0n) is 27.3. The van der Waals surface area contributed by atoms with Crippen molar-refractivity contribution in [2.24, 2.45) is 5.92 Å². The highest BCUT2D eigenvalue weighted by Crippen LogP contribution is 2.28. The Morgan fingerprint density at radius 3 is 2.00 bits per heavy atom. The van der Waals surface area contributed by atoms with Crippen LogP contribution in [0.15, 0.2) is 83.3 Å². The van der Waals surface area contributed by atoms with Crippen LogP contribution in [-0.4, -0.2) is 37.1 Å². The van der Waals surface area contributed by atoms with Gasteiger partial charge in [-0.1, -0.05) is 96.0 Å². The summed E-state index contributed by atoms with van der Waals surface area (Å²) < 4.78 is 36.0. The van der Waals surface area contributed by atoms with Crippen molar-refractivity contribution in [1.82, 2.24) is 5.32 Å². The molecule has 4 aromatic rings. The molecule has 0 unspecified atom stereocenters. The Morgan fingerprint density at radius 2 is 1.46 bits per heavy atom. The van der Waals surface area contributed by atoms with Gasteiger partial charge in [-0.25, -0.2) is 0 Å². The second-order valence-electron chi connectivity index (χ2n) is 11.9. The van der Waals surface area contributed by atoms with Crippen molar-refractivity contribution in [2.75, 3.05) is 17.6 Å². The summed E-state index contributed by atoms with van der Waals surface area (Å²) >= 11 is 0. The summed E-state index contributed by atoms with van der Waals surface area (Å²) in [6.07, 6.45) is 11.1. The first-order valence-corrected chi connectivity index (χ1v) is 17.9. The second kappa shape index (κ2) is 18.9. The van der Waals surface area contributed by atoms with Crippen LogP contribution in [0, 0.1) is 5.92 Å². The van der Waals surface area contributed by atoms with Gasteiger partial charge in [0.25, 0.3) is 16.0 Å². The number of para-hydroxylation sites is 1. The highest BCUT2D eigenvalue weighted by atomic mass is 32.2. The molecule has 46 heavy (non-hydrogen) atoms. The summed E-state index contributed by atoms with van der Waals surface area (Å²) in [6, 6.07) is 23.9. The Bertz CT molecular complexity index is 1560. The monoisotopic (exact) mass is 648 g/mol. The van der Waals surface area contributed by atoms with Crippen molar-refractivity contribution in [3.63, 3.8) is 0 Å². The number of furan rings is 1. The number of amides is 2. The molecule has 0 saturated heterocycles. The van der Waals surface area contributed by atoms with Crippen LogP contribution in [-0.2, 0) is 21.3 Å². The zero-order valence-corrected chi connectivity index (χ0v) is 28.1. The summed E-state index contributed by atoms with van der Waals surface area (Å²) in [5.74, 6) is 0.529. The summed E-state index contributed by atoms with van der Waals surface area (Å²) in [6.45, 7) is 6.46. The molecule has 248 valence electrons. The van der Waals surface area contributed by atoms with Crippen molar-refractivity contribution in [2.45, 2.75) is 78.6 Å². The molecule has 3 aromatic carbocycles. The molecule has 1 aromatic heterocycles. The molecule has 1 aliphatic rings. The predicted molar refractivity (Wildman–Crippen MR) is 187 cm³/mol. The number of anilines is 1. The molecule has 1 heterocycles. The number of rotatable bonds is 10. The predicted octanol–water partition coefficient (Wildman–Crippen LogP) is 8.68. The number of nitrogens with one attached hydrogen (secondary N) is 2. The Kier molecular flexibility index (Phi) is 15.0. The van der Waals surface area contributed by atoms with Crippen molar-refractivity contribution in [3.05, 3.63) is 90.0 Å². The molecule has 3 N–H and O–H groups in total. The van der Waals surface area contributed by atoms with Gasteiger partial charge in [0.1, 0.15) is 11.3 Å². The summed E-state index contributed by atoms with van der Waals surface area (Å²) in [5, 5.41) is 6.34. The average molecular weight is 649 g/mol. The second-order valence-corrected chi connectivity index (χ2v) is 13.5. The molecule has 1 saturated carbocycles. The van der Waals surface area contributed by atoms with E-state index in [-0.39, 0.29) is 18.9 Å². The van der Waals surface area contributed by atoms with E-state index >= 15 is 0 Å². The molecule has 0 radical (unpaired) electrons. The topological polar surface area (TPSA) is 126 Å². The molecule has 0 bridgehead atoms. The van der Waals surface area contributed by atoms with E-state index in [2.05, 4.69) is 31.4 Å². The maximum absolute atomic E-state index is 12.4. The number of benzene rings is 3. The quantitative estimate of drug-likeness (QED) is 0.148. The smallest absolute Gasteiger partial charge is 0.266 e. The van der Waals surface area contributed by atoms with Gasteiger partial charge < -0.3 is 15.1 Å².